The van der Waals surface area contributed by atoms with E-state index in [2.05, 4.69) is 77.8 Å². The molecule has 5 rings (SSSR count). The van der Waals surface area contributed by atoms with Gasteiger partial charge in [-0.2, -0.15) is 0 Å². The van der Waals surface area contributed by atoms with Crippen LogP contribution in [-0.2, 0) is 0 Å². The van der Waals surface area contributed by atoms with Gasteiger partial charge < -0.3 is 4.90 Å². The second-order valence-corrected chi connectivity index (χ2v) is 7.31. The molecule has 0 fully saturated rings. The van der Waals surface area contributed by atoms with Crippen LogP contribution in [0.3, 0.4) is 0 Å². The molecular formula is C22H17N3S. The predicted molar refractivity (Wildman–Crippen MR) is 107 cm³/mol. The van der Waals surface area contributed by atoms with Crippen LogP contribution in [0.1, 0.15) is 10.9 Å². The van der Waals surface area contributed by atoms with E-state index < -0.39 is 0 Å². The van der Waals surface area contributed by atoms with Crippen LogP contribution in [0.2, 0.25) is 0 Å². The average Bonchev–Trinajstić information content (AvgIpc) is 3.28. The molecule has 0 bridgehead atoms. The van der Waals surface area contributed by atoms with Gasteiger partial charge in [0.2, 0.25) is 0 Å². The fraction of sp³-hybridized carbons (Fsp3) is 0.0455. The van der Waals surface area contributed by atoms with E-state index in [1.165, 1.54) is 10.5 Å². The van der Waals surface area contributed by atoms with Gasteiger partial charge >= 0.3 is 0 Å². The highest BCUT2D eigenvalue weighted by atomic mass is 32.2. The molecule has 0 radical (unpaired) electrons. The number of fused-ring (bicyclic) bond motifs is 1. The van der Waals surface area contributed by atoms with Crippen LogP contribution >= 0.6 is 11.8 Å². The molecule has 1 unspecified atom stereocenters. The van der Waals surface area contributed by atoms with E-state index in [0.29, 0.717) is 0 Å². The van der Waals surface area contributed by atoms with Gasteiger partial charge in [0.15, 0.2) is 5.82 Å². The van der Waals surface area contributed by atoms with Crippen molar-refractivity contribution in [2.75, 3.05) is 4.90 Å². The zero-order chi connectivity index (χ0) is 17.3. The molecule has 1 aliphatic rings. The van der Waals surface area contributed by atoms with E-state index in [9.17, 15) is 0 Å². The van der Waals surface area contributed by atoms with Gasteiger partial charge in [-0.25, -0.2) is 4.68 Å². The molecule has 1 aromatic heterocycles. The summed E-state index contributed by atoms with van der Waals surface area (Å²) < 4.78 is 1.97. The number of hydrogen-bond acceptors (Lipinski definition) is 3. The number of anilines is 2. The molecule has 2 heterocycles. The van der Waals surface area contributed by atoms with Crippen LogP contribution in [0, 0.1) is 0 Å². The van der Waals surface area contributed by atoms with Crippen molar-refractivity contribution in [3.8, 4) is 5.69 Å². The van der Waals surface area contributed by atoms with Crippen molar-refractivity contribution in [1.82, 2.24) is 9.78 Å². The van der Waals surface area contributed by atoms with Crippen molar-refractivity contribution in [2.24, 2.45) is 0 Å². The van der Waals surface area contributed by atoms with Gasteiger partial charge in [-0.1, -0.05) is 78.5 Å². The number of hydrogen-bond donors (Lipinski definition) is 0. The molecule has 0 saturated carbocycles. The van der Waals surface area contributed by atoms with E-state index in [1.54, 1.807) is 0 Å². The Balaban J connectivity index is 1.61. The molecule has 1 atom stereocenters. The lowest BCUT2D eigenvalue weighted by molar-refractivity contribution is 0.846. The molecule has 0 saturated heterocycles. The summed E-state index contributed by atoms with van der Waals surface area (Å²) in [7, 11) is 0. The Kier molecular flexibility index (Phi) is 3.76. The molecule has 126 valence electrons. The minimum absolute atomic E-state index is 0.196. The van der Waals surface area contributed by atoms with Gasteiger partial charge in [-0.3, -0.25) is 0 Å². The number of thioether (sulfide) groups is 1. The van der Waals surface area contributed by atoms with E-state index in [-0.39, 0.29) is 5.37 Å². The lowest BCUT2D eigenvalue weighted by atomic mass is 10.2. The maximum absolute atomic E-state index is 4.92. The van der Waals surface area contributed by atoms with Crippen LogP contribution in [0.4, 0.5) is 11.5 Å². The van der Waals surface area contributed by atoms with E-state index in [4.69, 9.17) is 5.10 Å². The van der Waals surface area contributed by atoms with E-state index >= 15 is 0 Å². The molecule has 3 aromatic carbocycles. The standard InChI is InChI=1S/C22H17N3S/c1-4-10-17(11-5-1)22-25(19-14-8-3-9-15-19)21-20(26-22)16-24(23-21)18-12-6-2-7-13-18/h1-16,22H. The minimum Gasteiger partial charge on any atom is -0.307 e. The average molecular weight is 355 g/mol. The first kappa shape index (κ1) is 15.3. The van der Waals surface area contributed by atoms with Crippen LogP contribution in [0.15, 0.2) is 102 Å². The van der Waals surface area contributed by atoms with E-state index in [0.717, 1.165) is 17.2 Å². The third-order valence-electron chi connectivity index (χ3n) is 4.50. The van der Waals surface area contributed by atoms with E-state index in [1.807, 2.05) is 40.7 Å². The third kappa shape index (κ3) is 2.59. The monoisotopic (exact) mass is 355 g/mol. The van der Waals surface area contributed by atoms with Gasteiger partial charge in [-0.05, 0) is 29.8 Å². The van der Waals surface area contributed by atoms with Gasteiger partial charge in [-0.15, -0.1) is 5.10 Å². The van der Waals surface area contributed by atoms with Crippen LogP contribution in [0.5, 0.6) is 0 Å². The SMILES string of the molecule is c1ccc(C2Sc3cn(-c4ccccc4)nc3N2c2ccccc2)cc1. The second-order valence-electron chi connectivity index (χ2n) is 6.18. The Labute approximate surface area is 156 Å². The molecule has 4 aromatic rings. The summed E-state index contributed by atoms with van der Waals surface area (Å²) in [6.45, 7) is 0. The topological polar surface area (TPSA) is 21.1 Å². The Morgan fingerprint density at radius 2 is 1.27 bits per heavy atom. The maximum Gasteiger partial charge on any atom is 0.170 e. The fourth-order valence-corrected chi connectivity index (χ4v) is 4.54. The molecule has 26 heavy (non-hydrogen) atoms. The quantitative estimate of drug-likeness (QED) is 0.462. The zero-order valence-corrected chi connectivity index (χ0v) is 14.9. The smallest absolute Gasteiger partial charge is 0.170 e. The Hall–Kier alpha value is -2.98. The van der Waals surface area contributed by atoms with Crippen LogP contribution in [0.25, 0.3) is 5.69 Å². The summed E-state index contributed by atoms with van der Waals surface area (Å²) in [5.74, 6) is 1.01. The van der Waals surface area contributed by atoms with Crippen molar-refractivity contribution in [2.45, 2.75) is 10.3 Å². The molecule has 0 N–H and O–H groups in total. The van der Waals surface area contributed by atoms with Crippen molar-refractivity contribution >= 4 is 23.3 Å². The van der Waals surface area contributed by atoms with Crippen molar-refractivity contribution in [1.29, 1.82) is 0 Å². The van der Waals surface area contributed by atoms with Crippen LogP contribution < -0.4 is 4.90 Å². The maximum atomic E-state index is 4.92. The number of para-hydroxylation sites is 2. The largest absolute Gasteiger partial charge is 0.307 e. The van der Waals surface area contributed by atoms with Crippen LogP contribution in [-0.4, -0.2) is 9.78 Å². The summed E-state index contributed by atoms with van der Waals surface area (Å²) in [5.41, 5.74) is 3.52. The van der Waals surface area contributed by atoms with Gasteiger partial charge in [0.1, 0.15) is 5.37 Å². The van der Waals surface area contributed by atoms with Crippen molar-refractivity contribution < 1.29 is 0 Å². The van der Waals surface area contributed by atoms with Crippen molar-refractivity contribution in [3.63, 3.8) is 0 Å². The predicted octanol–water partition coefficient (Wildman–Crippen LogP) is 5.81. The highest BCUT2D eigenvalue weighted by molar-refractivity contribution is 8.00. The first-order valence-corrected chi connectivity index (χ1v) is 9.49. The molecule has 1 aliphatic heterocycles. The first-order chi connectivity index (χ1) is 12.9. The first-order valence-electron chi connectivity index (χ1n) is 8.61. The Morgan fingerprint density at radius 1 is 0.692 bits per heavy atom. The number of nitrogens with zero attached hydrogens (tertiary/aromatic N) is 3. The fourth-order valence-electron chi connectivity index (χ4n) is 3.28. The van der Waals surface area contributed by atoms with Gasteiger partial charge in [0.25, 0.3) is 0 Å². The normalized spacial score (nSPS) is 15.8. The molecule has 0 aliphatic carbocycles. The lowest BCUT2D eigenvalue weighted by Crippen LogP contribution is -2.18. The lowest BCUT2D eigenvalue weighted by Gasteiger charge is -2.26. The zero-order valence-electron chi connectivity index (χ0n) is 14.1. The molecule has 3 nitrogen and oxygen atoms in total. The summed E-state index contributed by atoms with van der Waals surface area (Å²) in [6.07, 6.45) is 2.13. The molecule has 4 heteroatoms. The minimum atomic E-state index is 0.196. The summed E-state index contributed by atoms with van der Waals surface area (Å²) in [5, 5.41) is 5.11. The molecular weight excluding hydrogens is 338 g/mol. The second kappa shape index (κ2) is 6.39. The molecule has 0 amide bonds. The summed E-state index contributed by atoms with van der Waals surface area (Å²) in [6, 6.07) is 31.4. The number of benzene rings is 3. The number of rotatable bonds is 3. The highest BCUT2D eigenvalue weighted by Crippen LogP contribution is 2.54. The third-order valence-corrected chi connectivity index (χ3v) is 5.75. The highest BCUT2D eigenvalue weighted by Gasteiger charge is 2.35. The Bertz CT molecular complexity index is 1010. The Morgan fingerprint density at radius 3 is 1.92 bits per heavy atom. The van der Waals surface area contributed by atoms with Gasteiger partial charge in [0, 0.05) is 11.9 Å². The number of aromatic nitrogens is 2. The van der Waals surface area contributed by atoms with Crippen molar-refractivity contribution in [3.05, 3.63) is 103 Å². The van der Waals surface area contributed by atoms with Gasteiger partial charge in [0.05, 0.1) is 10.6 Å². The molecule has 0 spiro atoms. The summed E-state index contributed by atoms with van der Waals surface area (Å²) in [4.78, 5) is 3.53. The summed E-state index contributed by atoms with van der Waals surface area (Å²) >= 11 is 1.85.